The summed E-state index contributed by atoms with van der Waals surface area (Å²) in [4.78, 5) is 26.1. The third-order valence-corrected chi connectivity index (χ3v) is 8.34. The molecule has 0 aliphatic rings. The SMILES string of the molecule is Cc1sc(-c2ccc(-c3cc(CCC(=O)O)c(C)s3)c3sncc23)cc1CCOC=O. The molecule has 0 bridgehead atoms. The van der Waals surface area contributed by atoms with Gasteiger partial charge in [-0.2, -0.15) is 4.37 Å². The van der Waals surface area contributed by atoms with Crippen molar-refractivity contribution in [3.05, 3.63) is 51.3 Å². The molecule has 0 amide bonds. The lowest BCUT2D eigenvalue weighted by molar-refractivity contribution is -0.137. The summed E-state index contributed by atoms with van der Waals surface area (Å²) in [5.41, 5.74) is 4.59. The molecular weight excluding hydrogens is 450 g/mol. The van der Waals surface area contributed by atoms with Crippen molar-refractivity contribution in [2.45, 2.75) is 33.1 Å². The van der Waals surface area contributed by atoms with Crippen molar-refractivity contribution in [3.63, 3.8) is 0 Å². The van der Waals surface area contributed by atoms with Gasteiger partial charge in [-0.15, -0.1) is 22.7 Å². The number of fused-ring (bicyclic) bond motifs is 1. The topological polar surface area (TPSA) is 76.5 Å². The van der Waals surface area contributed by atoms with Crippen LogP contribution in [0.25, 0.3) is 31.0 Å². The van der Waals surface area contributed by atoms with Crippen LogP contribution in [-0.4, -0.2) is 28.5 Å². The third kappa shape index (κ3) is 4.56. The number of carbonyl (C=O) groups is 2. The number of aliphatic carboxylic acids is 1. The van der Waals surface area contributed by atoms with Crippen molar-refractivity contribution in [2.24, 2.45) is 0 Å². The Morgan fingerprint density at radius 3 is 2.39 bits per heavy atom. The lowest BCUT2D eigenvalue weighted by Crippen LogP contribution is -1.97. The van der Waals surface area contributed by atoms with Gasteiger partial charge >= 0.3 is 5.97 Å². The van der Waals surface area contributed by atoms with Gasteiger partial charge in [0.25, 0.3) is 6.47 Å². The van der Waals surface area contributed by atoms with Gasteiger partial charge in [0, 0.05) is 55.1 Å². The highest BCUT2D eigenvalue weighted by atomic mass is 32.1. The third-order valence-electron chi connectivity index (χ3n) is 5.26. The Kier molecular flexibility index (Phi) is 6.50. The Labute approximate surface area is 192 Å². The van der Waals surface area contributed by atoms with Crippen molar-refractivity contribution in [1.82, 2.24) is 4.37 Å². The molecule has 0 atom stereocenters. The average molecular weight is 472 g/mol. The molecule has 3 aromatic heterocycles. The van der Waals surface area contributed by atoms with Crippen LogP contribution in [-0.2, 0) is 27.2 Å². The van der Waals surface area contributed by atoms with E-state index >= 15 is 0 Å². The first-order chi connectivity index (χ1) is 15.0. The molecule has 0 saturated carbocycles. The fourth-order valence-corrected chi connectivity index (χ4v) is 6.71. The fourth-order valence-electron chi connectivity index (χ4n) is 3.63. The predicted octanol–water partition coefficient (Wildman–Crippen LogP) is 6.10. The normalized spacial score (nSPS) is 11.2. The summed E-state index contributed by atoms with van der Waals surface area (Å²) in [6.45, 7) is 5.01. The van der Waals surface area contributed by atoms with E-state index < -0.39 is 5.97 Å². The molecule has 31 heavy (non-hydrogen) atoms. The molecule has 0 spiro atoms. The van der Waals surface area contributed by atoms with Crippen molar-refractivity contribution >= 4 is 56.7 Å². The van der Waals surface area contributed by atoms with Crippen LogP contribution in [0.3, 0.4) is 0 Å². The highest BCUT2D eigenvalue weighted by Gasteiger charge is 2.17. The number of thiophene rings is 2. The average Bonchev–Trinajstić information content (AvgIpc) is 3.45. The number of benzene rings is 1. The van der Waals surface area contributed by atoms with E-state index in [2.05, 4.69) is 35.6 Å². The van der Waals surface area contributed by atoms with Crippen molar-refractivity contribution in [1.29, 1.82) is 0 Å². The molecule has 1 N–H and O–H groups in total. The van der Waals surface area contributed by atoms with Gasteiger partial charge in [-0.05, 0) is 55.1 Å². The Hall–Kier alpha value is -2.55. The van der Waals surface area contributed by atoms with Crippen molar-refractivity contribution in [3.8, 4) is 20.9 Å². The second-order valence-corrected chi connectivity index (χ2v) is 10.5. The summed E-state index contributed by atoms with van der Waals surface area (Å²) in [6.07, 6.45) is 3.32. The molecule has 0 radical (unpaired) electrons. The van der Waals surface area contributed by atoms with E-state index in [4.69, 9.17) is 9.84 Å². The molecule has 0 aliphatic heterocycles. The number of aryl methyl sites for hydroxylation is 3. The van der Waals surface area contributed by atoms with Gasteiger partial charge in [-0.3, -0.25) is 9.59 Å². The Bertz CT molecular complexity index is 1250. The van der Waals surface area contributed by atoms with E-state index in [1.807, 2.05) is 13.1 Å². The second kappa shape index (κ2) is 9.30. The lowest BCUT2D eigenvalue weighted by Gasteiger charge is -2.05. The molecular formula is C23H21NO4S3. The molecule has 8 heteroatoms. The van der Waals surface area contributed by atoms with Crippen LogP contribution < -0.4 is 0 Å². The molecule has 3 heterocycles. The van der Waals surface area contributed by atoms with Gasteiger partial charge in [0.05, 0.1) is 11.3 Å². The summed E-state index contributed by atoms with van der Waals surface area (Å²) in [5.74, 6) is -0.773. The number of hydrogen-bond acceptors (Lipinski definition) is 7. The number of rotatable bonds is 9. The van der Waals surface area contributed by atoms with E-state index in [0.717, 1.165) is 36.5 Å². The zero-order chi connectivity index (χ0) is 22.0. The molecule has 4 aromatic rings. The van der Waals surface area contributed by atoms with E-state index in [1.165, 1.54) is 26.9 Å². The molecule has 0 aliphatic carbocycles. The number of hydrogen-bond donors (Lipinski definition) is 1. The minimum atomic E-state index is -0.773. The first kappa shape index (κ1) is 21.7. The van der Waals surface area contributed by atoms with Gasteiger partial charge in [-0.1, -0.05) is 12.1 Å². The van der Waals surface area contributed by atoms with E-state index in [0.29, 0.717) is 25.9 Å². The Balaban J connectivity index is 1.69. The molecule has 0 fully saturated rings. The van der Waals surface area contributed by atoms with Crippen LogP contribution in [0, 0.1) is 13.8 Å². The van der Waals surface area contributed by atoms with Crippen LogP contribution >= 0.6 is 34.2 Å². The first-order valence-corrected chi connectivity index (χ1v) is 12.2. The molecule has 0 saturated heterocycles. The van der Waals surface area contributed by atoms with Gasteiger partial charge in [0.1, 0.15) is 0 Å². The maximum Gasteiger partial charge on any atom is 0.303 e. The Morgan fingerprint density at radius 1 is 1.06 bits per heavy atom. The number of nitrogens with zero attached hydrogens (tertiary/aromatic N) is 1. The highest BCUT2D eigenvalue weighted by molar-refractivity contribution is 7.18. The Morgan fingerprint density at radius 2 is 1.71 bits per heavy atom. The zero-order valence-corrected chi connectivity index (χ0v) is 19.6. The standard InChI is InChI=1S/C23H21NO4S3/c1-13-15(3-6-22(26)27)9-21(30-13)18-5-4-17(19-11-24-31-23(18)19)20-10-16(14(2)29-20)7-8-28-12-25/h4-5,9-12H,3,6-8H2,1-2H3,(H,26,27). The molecule has 4 rings (SSSR count). The zero-order valence-electron chi connectivity index (χ0n) is 17.1. The van der Waals surface area contributed by atoms with Crippen LogP contribution in [0.5, 0.6) is 0 Å². The van der Waals surface area contributed by atoms with Gasteiger partial charge in [-0.25, -0.2) is 0 Å². The monoisotopic (exact) mass is 471 g/mol. The van der Waals surface area contributed by atoms with Crippen LogP contribution in [0.4, 0.5) is 0 Å². The lowest BCUT2D eigenvalue weighted by atomic mass is 10.0. The summed E-state index contributed by atoms with van der Waals surface area (Å²) in [5, 5.41) is 10.1. The first-order valence-electron chi connectivity index (χ1n) is 9.81. The maximum atomic E-state index is 10.9. The fraction of sp³-hybridized carbons (Fsp3) is 0.261. The number of ether oxygens (including phenoxy) is 1. The maximum absolute atomic E-state index is 10.9. The van der Waals surface area contributed by atoms with Gasteiger partial charge in [0.15, 0.2) is 0 Å². The van der Waals surface area contributed by atoms with E-state index in [-0.39, 0.29) is 6.42 Å². The number of carbonyl (C=O) groups excluding carboxylic acids is 1. The van der Waals surface area contributed by atoms with E-state index in [9.17, 15) is 9.59 Å². The number of carboxylic acids is 1. The quantitative estimate of drug-likeness (QED) is 0.236. The summed E-state index contributed by atoms with van der Waals surface area (Å²) < 4.78 is 10.5. The van der Waals surface area contributed by atoms with Crippen LogP contribution in [0.2, 0.25) is 0 Å². The summed E-state index contributed by atoms with van der Waals surface area (Å²) in [7, 11) is 0. The van der Waals surface area contributed by atoms with E-state index in [1.54, 1.807) is 22.7 Å². The summed E-state index contributed by atoms with van der Waals surface area (Å²) >= 11 is 4.93. The van der Waals surface area contributed by atoms with Gasteiger partial charge in [0.2, 0.25) is 0 Å². The molecule has 1 aromatic carbocycles. The molecule has 160 valence electrons. The van der Waals surface area contributed by atoms with Crippen molar-refractivity contribution < 1.29 is 19.4 Å². The largest absolute Gasteiger partial charge is 0.481 e. The summed E-state index contributed by atoms with van der Waals surface area (Å²) in [6, 6.07) is 8.60. The minimum Gasteiger partial charge on any atom is -0.481 e. The number of aromatic nitrogens is 1. The van der Waals surface area contributed by atoms with Crippen molar-refractivity contribution in [2.75, 3.05) is 6.61 Å². The smallest absolute Gasteiger partial charge is 0.303 e. The van der Waals surface area contributed by atoms with Gasteiger partial charge < -0.3 is 9.84 Å². The minimum absolute atomic E-state index is 0.143. The predicted molar refractivity (Wildman–Crippen MR) is 127 cm³/mol. The van der Waals surface area contributed by atoms with Crippen LogP contribution in [0.15, 0.2) is 30.5 Å². The second-order valence-electron chi connectivity index (χ2n) is 7.22. The molecule has 0 unspecified atom stereocenters. The van der Waals surface area contributed by atoms with Crippen LogP contribution in [0.1, 0.15) is 27.3 Å². The molecule has 5 nitrogen and oxygen atoms in total. The number of carboxylic acid groups (broad SMARTS) is 1. The highest BCUT2D eigenvalue weighted by Crippen LogP contribution is 2.43.